The average molecular weight is 618 g/mol. The van der Waals surface area contributed by atoms with Crippen LogP contribution in [0.2, 0.25) is 0 Å². The third kappa shape index (κ3) is 9.68. The van der Waals surface area contributed by atoms with E-state index in [0.717, 1.165) is 53.5 Å². The molecule has 1 saturated carbocycles. The first-order valence-corrected chi connectivity index (χ1v) is 17.6. The van der Waals surface area contributed by atoms with Crippen LogP contribution >= 0.6 is 0 Å². The molecule has 0 unspecified atom stereocenters. The van der Waals surface area contributed by atoms with Crippen LogP contribution in [0.25, 0.3) is 0 Å². The lowest BCUT2D eigenvalue weighted by atomic mass is 9.94. The minimum absolute atomic E-state index is 0.116. The minimum Gasteiger partial charge on any atom is -0.352 e. The second-order valence-electron chi connectivity index (χ2n) is 12.3. The molecule has 1 aliphatic carbocycles. The van der Waals surface area contributed by atoms with Crippen LogP contribution in [0.1, 0.15) is 72.8 Å². The third-order valence-electron chi connectivity index (χ3n) is 8.30. The van der Waals surface area contributed by atoms with Crippen molar-refractivity contribution in [2.24, 2.45) is 0 Å². The molecule has 1 atom stereocenters. The lowest BCUT2D eigenvalue weighted by molar-refractivity contribution is -0.141. The van der Waals surface area contributed by atoms with Crippen molar-refractivity contribution in [2.45, 2.75) is 90.8 Å². The average Bonchev–Trinajstić information content (AvgIpc) is 2.97. The fourth-order valence-corrected chi connectivity index (χ4v) is 7.15. The smallest absolute Gasteiger partial charge is 0.243 e. The number of benzene rings is 3. The zero-order valence-electron chi connectivity index (χ0n) is 26.6. The van der Waals surface area contributed by atoms with Gasteiger partial charge in [0.1, 0.15) is 6.04 Å². The molecule has 0 aliphatic heterocycles. The Kier molecular flexibility index (Phi) is 11.6. The molecular weight excluding hydrogens is 570 g/mol. The topological polar surface area (TPSA) is 86.8 Å². The summed E-state index contributed by atoms with van der Waals surface area (Å²) in [5.41, 5.74) is 5.57. The Labute approximate surface area is 263 Å². The van der Waals surface area contributed by atoms with Crippen molar-refractivity contribution in [1.29, 1.82) is 0 Å². The lowest BCUT2D eigenvalue weighted by Gasteiger charge is -2.34. The quantitative estimate of drug-likeness (QED) is 0.246. The van der Waals surface area contributed by atoms with Gasteiger partial charge in [-0.15, -0.1) is 0 Å². The Hall–Kier alpha value is -3.65. The van der Waals surface area contributed by atoms with E-state index in [1.807, 2.05) is 93.6 Å². The van der Waals surface area contributed by atoms with Gasteiger partial charge in [0.25, 0.3) is 0 Å². The number of amides is 2. The SMILES string of the molecule is Cc1cccc(CN(C(=O)CCCN(c2cc(C)cc(C)c2)S(C)(=O)=O)[C@H](Cc2ccccc2)C(=O)NC2CCCCC2)c1. The van der Waals surface area contributed by atoms with Crippen molar-refractivity contribution >= 4 is 27.5 Å². The van der Waals surface area contributed by atoms with Crippen LogP contribution < -0.4 is 9.62 Å². The Morgan fingerprint density at radius 1 is 0.841 bits per heavy atom. The van der Waals surface area contributed by atoms with Gasteiger partial charge in [-0.05, 0) is 74.4 Å². The zero-order valence-corrected chi connectivity index (χ0v) is 27.4. The molecule has 0 spiro atoms. The number of rotatable bonds is 13. The first kappa shape index (κ1) is 33.2. The summed E-state index contributed by atoms with van der Waals surface area (Å²) < 4.78 is 27.0. The molecule has 0 aromatic heterocycles. The molecule has 0 radical (unpaired) electrons. The summed E-state index contributed by atoms with van der Waals surface area (Å²) in [5, 5.41) is 3.28. The van der Waals surface area contributed by atoms with Gasteiger partial charge in [0, 0.05) is 32.0 Å². The lowest BCUT2D eigenvalue weighted by Crippen LogP contribution is -2.53. The van der Waals surface area contributed by atoms with E-state index in [-0.39, 0.29) is 30.8 Å². The van der Waals surface area contributed by atoms with Crippen molar-refractivity contribution in [2.75, 3.05) is 17.1 Å². The maximum atomic E-state index is 14.1. The van der Waals surface area contributed by atoms with E-state index in [2.05, 4.69) is 5.32 Å². The summed E-state index contributed by atoms with van der Waals surface area (Å²) in [7, 11) is -3.57. The largest absolute Gasteiger partial charge is 0.352 e. The molecule has 1 N–H and O–H groups in total. The normalized spacial score (nSPS) is 14.5. The van der Waals surface area contributed by atoms with E-state index in [4.69, 9.17) is 0 Å². The molecule has 0 bridgehead atoms. The molecule has 236 valence electrons. The standard InChI is InChI=1S/C36H47N3O4S/c1-27-13-11-16-31(22-27)26-38(34(25-30-14-7-5-8-15-30)36(41)37-32-17-9-6-10-18-32)35(40)19-12-20-39(44(4,42)43)33-23-28(2)21-29(3)24-33/h5,7-8,11,13-16,21-24,32,34H,6,9-10,12,17-20,25-26H2,1-4H3,(H,37,41)/t34-/m1/s1. The number of sulfonamides is 1. The predicted octanol–water partition coefficient (Wildman–Crippen LogP) is 6.25. The monoisotopic (exact) mass is 617 g/mol. The molecule has 1 aliphatic rings. The summed E-state index contributed by atoms with van der Waals surface area (Å²) in [5.74, 6) is -0.296. The fraction of sp³-hybridized carbons (Fsp3) is 0.444. The number of carbonyl (C=O) groups excluding carboxylic acids is 2. The highest BCUT2D eigenvalue weighted by molar-refractivity contribution is 7.92. The number of nitrogens with zero attached hydrogens (tertiary/aromatic N) is 2. The first-order valence-electron chi connectivity index (χ1n) is 15.7. The van der Waals surface area contributed by atoms with Crippen molar-refractivity contribution in [3.05, 3.63) is 101 Å². The molecule has 2 amide bonds. The summed E-state index contributed by atoms with van der Waals surface area (Å²) in [6.45, 7) is 6.36. The molecular formula is C36H47N3O4S. The third-order valence-corrected chi connectivity index (χ3v) is 9.50. The molecule has 0 heterocycles. The van der Waals surface area contributed by atoms with E-state index in [1.54, 1.807) is 4.90 Å². The second-order valence-corrected chi connectivity index (χ2v) is 14.3. The molecule has 44 heavy (non-hydrogen) atoms. The first-order chi connectivity index (χ1) is 21.0. The molecule has 3 aromatic rings. The number of hydrogen-bond acceptors (Lipinski definition) is 4. The van der Waals surface area contributed by atoms with E-state index in [0.29, 0.717) is 25.1 Å². The van der Waals surface area contributed by atoms with E-state index < -0.39 is 16.1 Å². The molecule has 1 fully saturated rings. The molecule has 0 saturated heterocycles. The highest BCUT2D eigenvalue weighted by atomic mass is 32.2. The number of carbonyl (C=O) groups is 2. The van der Waals surface area contributed by atoms with Gasteiger partial charge in [-0.25, -0.2) is 8.42 Å². The van der Waals surface area contributed by atoms with Crippen LogP contribution in [-0.4, -0.2) is 50.0 Å². The van der Waals surface area contributed by atoms with E-state index in [9.17, 15) is 18.0 Å². The van der Waals surface area contributed by atoms with Crippen LogP contribution in [0, 0.1) is 20.8 Å². The number of anilines is 1. The Morgan fingerprint density at radius 3 is 2.14 bits per heavy atom. The maximum absolute atomic E-state index is 14.1. The van der Waals surface area contributed by atoms with Crippen LogP contribution in [0.15, 0.2) is 72.8 Å². The van der Waals surface area contributed by atoms with Crippen molar-refractivity contribution in [1.82, 2.24) is 10.2 Å². The summed E-state index contributed by atoms with van der Waals surface area (Å²) in [4.78, 5) is 29.8. The highest BCUT2D eigenvalue weighted by Gasteiger charge is 2.32. The number of aryl methyl sites for hydroxylation is 3. The fourth-order valence-electron chi connectivity index (χ4n) is 6.20. The predicted molar refractivity (Wildman–Crippen MR) is 178 cm³/mol. The molecule has 7 nitrogen and oxygen atoms in total. The molecule has 8 heteroatoms. The van der Waals surface area contributed by atoms with Crippen LogP contribution in [0.5, 0.6) is 0 Å². The highest BCUT2D eigenvalue weighted by Crippen LogP contribution is 2.24. The summed E-state index contributed by atoms with van der Waals surface area (Å²) >= 11 is 0. The molecule has 3 aromatic carbocycles. The molecule has 4 rings (SSSR count). The van der Waals surface area contributed by atoms with E-state index >= 15 is 0 Å². The van der Waals surface area contributed by atoms with Crippen LogP contribution in [0.3, 0.4) is 0 Å². The number of hydrogen-bond donors (Lipinski definition) is 1. The maximum Gasteiger partial charge on any atom is 0.243 e. The summed E-state index contributed by atoms with van der Waals surface area (Å²) in [6, 6.07) is 23.0. The van der Waals surface area contributed by atoms with Crippen LogP contribution in [-0.2, 0) is 32.6 Å². The Balaban J connectivity index is 1.60. The van der Waals surface area contributed by atoms with Gasteiger partial charge in [0.2, 0.25) is 21.8 Å². The van der Waals surface area contributed by atoms with Crippen molar-refractivity contribution in [3.63, 3.8) is 0 Å². The zero-order chi connectivity index (χ0) is 31.7. The van der Waals surface area contributed by atoms with Crippen molar-refractivity contribution in [3.8, 4) is 0 Å². The second kappa shape index (κ2) is 15.4. The van der Waals surface area contributed by atoms with Crippen LogP contribution in [0.4, 0.5) is 5.69 Å². The van der Waals surface area contributed by atoms with Gasteiger partial charge in [0.15, 0.2) is 0 Å². The van der Waals surface area contributed by atoms with E-state index in [1.165, 1.54) is 17.0 Å². The van der Waals surface area contributed by atoms with Gasteiger partial charge in [-0.1, -0.05) is 85.5 Å². The minimum atomic E-state index is -3.57. The van der Waals surface area contributed by atoms with Gasteiger partial charge in [-0.2, -0.15) is 0 Å². The van der Waals surface area contributed by atoms with Gasteiger partial charge >= 0.3 is 0 Å². The Morgan fingerprint density at radius 2 is 1.50 bits per heavy atom. The van der Waals surface area contributed by atoms with Gasteiger partial charge < -0.3 is 10.2 Å². The van der Waals surface area contributed by atoms with Gasteiger partial charge in [0.05, 0.1) is 11.9 Å². The Bertz CT molecular complexity index is 1500. The van der Waals surface area contributed by atoms with Gasteiger partial charge in [-0.3, -0.25) is 13.9 Å². The summed E-state index contributed by atoms with van der Waals surface area (Å²) in [6.07, 6.45) is 7.32. The van der Waals surface area contributed by atoms with Crippen molar-refractivity contribution < 1.29 is 18.0 Å². The number of nitrogens with one attached hydrogen (secondary N) is 1.